The number of benzene rings is 1. The predicted octanol–water partition coefficient (Wildman–Crippen LogP) is 2.39. The number of ether oxygens (including phenoxy) is 1. The van der Waals surface area contributed by atoms with Crippen LogP contribution in [0.2, 0.25) is 10.0 Å². The van der Waals surface area contributed by atoms with Gasteiger partial charge in [-0.1, -0.05) is 23.2 Å². The lowest BCUT2D eigenvalue weighted by molar-refractivity contribution is -0.130. The molecule has 0 bridgehead atoms. The van der Waals surface area contributed by atoms with E-state index in [1.165, 1.54) is 0 Å². The smallest absolute Gasteiger partial charge is 0.242 e. The van der Waals surface area contributed by atoms with E-state index in [2.05, 4.69) is 5.43 Å². The number of hydrogen-bond acceptors (Lipinski definition) is 3. The topological polar surface area (TPSA) is 64.3 Å². The first kappa shape index (κ1) is 14.1. The van der Waals surface area contributed by atoms with Gasteiger partial charge in [0.25, 0.3) is 0 Å². The minimum Gasteiger partial charge on any atom is -0.491 e. The number of rotatable bonds is 4. The van der Waals surface area contributed by atoms with Crippen LogP contribution in [0.5, 0.6) is 5.75 Å². The Morgan fingerprint density at radius 1 is 1.47 bits per heavy atom. The molecule has 94 valence electrons. The van der Waals surface area contributed by atoms with Gasteiger partial charge in [-0.25, -0.2) is 5.84 Å². The Morgan fingerprint density at radius 2 is 2.12 bits per heavy atom. The highest BCUT2D eigenvalue weighted by Gasteiger charge is 2.28. The van der Waals surface area contributed by atoms with E-state index in [1.54, 1.807) is 32.0 Å². The molecular formula is C11H14Cl2N2O2. The van der Waals surface area contributed by atoms with Crippen molar-refractivity contribution in [2.45, 2.75) is 13.8 Å². The summed E-state index contributed by atoms with van der Waals surface area (Å²) in [6.45, 7) is 3.58. The molecule has 0 aliphatic carbocycles. The second kappa shape index (κ2) is 5.58. The summed E-state index contributed by atoms with van der Waals surface area (Å²) in [5, 5.41) is 0.962. The van der Waals surface area contributed by atoms with Crippen LogP contribution in [0.3, 0.4) is 0 Å². The Bertz CT molecular complexity index is 422. The average Bonchev–Trinajstić information content (AvgIpc) is 2.29. The number of amides is 1. The summed E-state index contributed by atoms with van der Waals surface area (Å²) in [6, 6.07) is 4.89. The van der Waals surface area contributed by atoms with Crippen molar-refractivity contribution in [1.82, 2.24) is 5.43 Å². The fourth-order valence-electron chi connectivity index (χ4n) is 1.11. The Morgan fingerprint density at radius 3 is 2.71 bits per heavy atom. The first-order valence-corrected chi connectivity index (χ1v) is 5.71. The second-order valence-corrected chi connectivity index (χ2v) is 5.06. The molecule has 1 aromatic carbocycles. The Balaban J connectivity index is 2.73. The summed E-state index contributed by atoms with van der Waals surface area (Å²) in [7, 11) is 0. The van der Waals surface area contributed by atoms with Crippen LogP contribution in [0.25, 0.3) is 0 Å². The summed E-state index contributed by atoms with van der Waals surface area (Å²) in [4.78, 5) is 11.4. The third-order valence-electron chi connectivity index (χ3n) is 2.23. The van der Waals surface area contributed by atoms with Crippen molar-refractivity contribution >= 4 is 29.1 Å². The van der Waals surface area contributed by atoms with Gasteiger partial charge in [-0.05, 0) is 26.0 Å². The van der Waals surface area contributed by atoms with E-state index in [1.807, 2.05) is 0 Å². The number of carbonyl (C=O) groups is 1. The zero-order valence-electron chi connectivity index (χ0n) is 9.59. The molecule has 1 amide bonds. The van der Waals surface area contributed by atoms with Crippen molar-refractivity contribution in [1.29, 1.82) is 0 Å². The highest BCUT2D eigenvalue weighted by molar-refractivity contribution is 6.34. The normalized spacial score (nSPS) is 11.1. The highest BCUT2D eigenvalue weighted by Crippen LogP contribution is 2.29. The molecule has 0 saturated carbocycles. The zero-order chi connectivity index (χ0) is 13.1. The summed E-state index contributed by atoms with van der Waals surface area (Å²) in [5.74, 6) is 5.21. The van der Waals surface area contributed by atoms with Crippen molar-refractivity contribution < 1.29 is 9.53 Å². The van der Waals surface area contributed by atoms with Crippen molar-refractivity contribution in [3.63, 3.8) is 0 Å². The van der Waals surface area contributed by atoms with E-state index in [0.717, 1.165) is 0 Å². The van der Waals surface area contributed by atoms with E-state index in [4.69, 9.17) is 33.8 Å². The van der Waals surface area contributed by atoms with Crippen LogP contribution in [0.4, 0.5) is 0 Å². The molecule has 0 atom stereocenters. The van der Waals surface area contributed by atoms with E-state index in [0.29, 0.717) is 15.8 Å². The summed E-state index contributed by atoms with van der Waals surface area (Å²) in [5.41, 5.74) is 1.34. The Labute approximate surface area is 110 Å². The summed E-state index contributed by atoms with van der Waals surface area (Å²) in [6.07, 6.45) is 0. The second-order valence-electron chi connectivity index (χ2n) is 4.22. The molecule has 1 rings (SSSR count). The van der Waals surface area contributed by atoms with Crippen LogP contribution in [0.15, 0.2) is 18.2 Å². The number of carbonyl (C=O) groups excluding carboxylic acids is 1. The first-order valence-electron chi connectivity index (χ1n) is 4.96. The van der Waals surface area contributed by atoms with Crippen molar-refractivity contribution in [2.75, 3.05) is 6.61 Å². The molecule has 1 aromatic rings. The van der Waals surface area contributed by atoms with Crippen LogP contribution in [0, 0.1) is 5.41 Å². The van der Waals surface area contributed by atoms with Crippen molar-refractivity contribution in [2.24, 2.45) is 11.3 Å². The maximum atomic E-state index is 11.4. The van der Waals surface area contributed by atoms with E-state index >= 15 is 0 Å². The van der Waals surface area contributed by atoms with Gasteiger partial charge in [0.05, 0.1) is 10.4 Å². The lowest BCUT2D eigenvalue weighted by Crippen LogP contribution is -2.44. The third kappa shape index (κ3) is 3.77. The quantitative estimate of drug-likeness (QED) is 0.504. The van der Waals surface area contributed by atoms with Gasteiger partial charge in [0.2, 0.25) is 5.91 Å². The molecule has 0 aliphatic heterocycles. The molecule has 17 heavy (non-hydrogen) atoms. The number of halogens is 2. The number of hydrazine groups is 1. The van der Waals surface area contributed by atoms with Gasteiger partial charge < -0.3 is 4.74 Å². The van der Waals surface area contributed by atoms with Crippen molar-refractivity contribution in [3.05, 3.63) is 28.2 Å². The van der Waals surface area contributed by atoms with E-state index < -0.39 is 5.41 Å². The molecule has 0 fully saturated rings. The molecule has 0 spiro atoms. The maximum absolute atomic E-state index is 11.4. The van der Waals surface area contributed by atoms with Crippen LogP contribution in [-0.2, 0) is 4.79 Å². The van der Waals surface area contributed by atoms with Gasteiger partial charge >= 0.3 is 0 Å². The fraction of sp³-hybridized carbons (Fsp3) is 0.364. The molecule has 0 unspecified atom stereocenters. The fourth-order valence-corrected chi connectivity index (χ4v) is 1.44. The molecule has 6 heteroatoms. The largest absolute Gasteiger partial charge is 0.491 e. The minimum atomic E-state index is -0.750. The first-order chi connectivity index (χ1) is 7.86. The minimum absolute atomic E-state index is 0.149. The van der Waals surface area contributed by atoms with Gasteiger partial charge in [0.15, 0.2) is 0 Å². The monoisotopic (exact) mass is 276 g/mol. The molecular weight excluding hydrogens is 263 g/mol. The Hall–Kier alpha value is -0.970. The van der Waals surface area contributed by atoms with Crippen LogP contribution in [0.1, 0.15) is 13.8 Å². The molecule has 0 aliphatic rings. The van der Waals surface area contributed by atoms with Gasteiger partial charge in [-0.2, -0.15) is 0 Å². The van der Waals surface area contributed by atoms with Gasteiger partial charge in [-0.15, -0.1) is 0 Å². The lowest BCUT2D eigenvalue weighted by atomic mass is 9.94. The summed E-state index contributed by atoms with van der Waals surface area (Å²) >= 11 is 11.7. The van der Waals surface area contributed by atoms with Crippen molar-refractivity contribution in [3.8, 4) is 5.75 Å². The predicted molar refractivity (Wildman–Crippen MR) is 68.1 cm³/mol. The van der Waals surface area contributed by atoms with E-state index in [-0.39, 0.29) is 12.5 Å². The molecule has 0 saturated heterocycles. The zero-order valence-corrected chi connectivity index (χ0v) is 11.1. The molecule has 0 radical (unpaired) electrons. The molecule has 3 N–H and O–H groups in total. The highest BCUT2D eigenvalue weighted by atomic mass is 35.5. The SMILES string of the molecule is CC(C)(COc1cc(Cl)ccc1Cl)C(=O)NN. The molecule has 0 aromatic heterocycles. The van der Waals surface area contributed by atoms with Gasteiger partial charge in [0.1, 0.15) is 12.4 Å². The van der Waals surface area contributed by atoms with Crippen LogP contribution in [-0.4, -0.2) is 12.5 Å². The molecule has 0 heterocycles. The number of nitrogens with two attached hydrogens (primary N) is 1. The summed E-state index contributed by atoms with van der Waals surface area (Å²) < 4.78 is 5.47. The molecule has 4 nitrogen and oxygen atoms in total. The van der Waals surface area contributed by atoms with Crippen LogP contribution >= 0.6 is 23.2 Å². The average molecular weight is 277 g/mol. The van der Waals surface area contributed by atoms with Crippen LogP contribution < -0.4 is 16.0 Å². The standard InChI is InChI=1S/C11H14Cl2N2O2/c1-11(2,10(16)15-14)6-17-9-5-7(12)3-4-8(9)13/h3-5H,6,14H2,1-2H3,(H,15,16). The van der Waals surface area contributed by atoms with E-state index in [9.17, 15) is 4.79 Å². The van der Waals surface area contributed by atoms with Gasteiger partial charge in [-0.3, -0.25) is 10.2 Å². The maximum Gasteiger partial charge on any atom is 0.242 e. The lowest BCUT2D eigenvalue weighted by Gasteiger charge is -2.22. The number of nitrogens with one attached hydrogen (secondary N) is 1. The van der Waals surface area contributed by atoms with Gasteiger partial charge in [0, 0.05) is 11.1 Å². The Kier molecular flexibility index (Phi) is 4.62. The number of hydrogen-bond donors (Lipinski definition) is 2. The third-order valence-corrected chi connectivity index (χ3v) is 2.77.